The van der Waals surface area contributed by atoms with Crippen molar-refractivity contribution in [1.82, 2.24) is 34.8 Å². The second-order valence-corrected chi connectivity index (χ2v) is 12.0. The summed E-state index contributed by atoms with van der Waals surface area (Å²) in [4.78, 5) is 42.2. The zero-order chi connectivity index (χ0) is 32.2. The van der Waals surface area contributed by atoms with Gasteiger partial charge in [-0.3, -0.25) is 9.69 Å². The minimum atomic E-state index is -0.382. The van der Waals surface area contributed by atoms with E-state index in [1.165, 1.54) is 0 Å². The molecule has 15 heteroatoms. The minimum absolute atomic E-state index is 0. The fourth-order valence-electron chi connectivity index (χ4n) is 6.43. The number of piperidine rings is 1. The topological polar surface area (TPSA) is 143 Å². The lowest BCUT2D eigenvalue weighted by molar-refractivity contribution is 0.00159. The highest BCUT2D eigenvalue weighted by Gasteiger charge is 2.28. The molecule has 3 aliphatic heterocycles. The van der Waals surface area contributed by atoms with Crippen LogP contribution in [-0.2, 0) is 16.0 Å². The molecule has 0 saturated carbocycles. The number of hydrogen-bond donors (Lipinski definition) is 2. The number of carbonyl (C=O) groups excluding carboxylic acids is 2. The first-order chi connectivity index (χ1) is 23.1. The Labute approximate surface area is 285 Å². The number of rotatable bonds is 7. The average molecular weight is 677 g/mol. The van der Waals surface area contributed by atoms with Crippen molar-refractivity contribution in [2.45, 2.75) is 32.4 Å². The Hall–Kier alpha value is -4.37. The molecule has 7 rings (SSSR count). The standard InChI is InChI=1S/C33H40N10O4.ClH/c1-2-43-31-28(38-39-43)30(41-17-21-47-22-18-41)36-29(37-31)23-3-7-25(8-4-23)34-33(45)35-26-9-5-24(6-10-26)32(44)42-13-11-27(12-14-42)40-15-19-46-20-16-40;/h3-10,27H,2,11-22H2,1H3,(H2,34,35,45);1H. The highest BCUT2D eigenvalue weighted by atomic mass is 35.5. The maximum absolute atomic E-state index is 13.1. The van der Waals surface area contributed by atoms with Gasteiger partial charge in [0.25, 0.3) is 5.91 Å². The van der Waals surface area contributed by atoms with Crippen molar-refractivity contribution < 1.29 is 19.1 Å². The lowest BCUT2D eigenvalue weighted by Gasteiger charge is -2.40. The monoisotopic (exact) mass is 676 g/mol. The number of aryl methyl sites for hydroxylation is 1. The Bertz CT molecular complexity index is 1700. The maximum atomic E-state index is 13.1. The molecule has 48 heavy (non-hydrogen) atoms. The van der Waals surface area contributed by atoms with E-state index in [0.717, 1.165) is 76.7 Å². The highest BCUT2D eigenvalue weighted by Crippen LogP contribution is 2.28. The number of carbonyl (C=O) groups is 2. The van der Waals surface area contributed by atoms with Gasteiger partial charge in [0, 0.05) is 74.4 Å². The summed E-state index contributed by atoms with van der Waals surface area (Å²) >= 11 is 0. The van der Waals surface area contributed by atoms with Crippen LogP contribution in [0.5, 0.6) is 0 Å². The molecule has 4 aromatic rings. The molecule has 14 nitrogen and oxygen atoms in total. The first kappa shape index (κ1) is 33.5. The summed E-state index contributed by atoms with van der Waals surface area (Å²) in [6.07, 6.45) is 1.96. The number of halogens is 1. The van der Waals surface area contributed by atoms with Gasteiger partial charge in [-0.15, -0.1) is 17.5 Å². The molecule has 0 spiro atoms. The van der Waals surface area contributed by atoms with Gasteiger partial charge in [0.15, 0.2) is 22.8 Å². The van der Waals surface area contributed by atoms with E-state index in [0.29, 0.717) is 59.7 Å². The van der Waals surface area contributed by atoms with E-state index in [1.807, 2.05) is 36.1 Å². The van der Waals surface area contributed by atoms with Crippen LogP contribution in [0, 0.1) is 0 Å². The quantitative estimate of drug-likeness (QED) is 0.297. The molecule has 5 heterocycles. The third-order valence-corrected chi connectivity index (χ3v) is 9.06. The normalized spacial score (nSPS) is 17.6. The number of anilines is 3. The van der Waals surface area contributed by atoms with Crippen LogP contribution in [0.4, 0.5) is 22.0 Å². The number of urea groups is 1. The van der Waals surface area contributed by atoms with E-state index < -0.39 is 0 Å². The summed E-state index contributed by atoms with van der Waals surface area (Å²) < 4.78 is 12.8. The number of amides is 3. The average Bonchev–Trinajstić information content (AvgIpc) is 3.55. The third kappa shape index (κ3) is 7.36. The number of morpholine rings is 2. The summed E-state index contributed by atoms with van der Waals surface area (Å²) in [5, 5.41) is 14.3. The summed E-state index contributed by atoms with van der Waals surface area (Å²) in [6.45, 7) is 10.4. The Kier molecular flexibility index (Phi) is 10.6. The van der Waals surface area contributed by atoms with Gasteiger partial charge in [0.1, 0.15) is 0 Å². The Morgan fingerprint density at radius 2 is 1.42 bits per heavy atom. The molecular weight excluding hydrogens is 636 g/mol. The number of nitrogens with zero attached hydrogens (tertiary/aromatic N) is 8. The van der Waals surface area contributed by atoms with E-state index in [9.17, 15) is 9.59 Å². The SMILES string of the molecule is CCn1nnc2c(N3CCOCC3)nc(-c3ccc(NC(=O)Nc4ccc(C(=O)N5CCC(N6CCOCC6)CC5)cc4)cc3)nc21.Cl. The summed E-state index contributed by atoms with van der Waals surface area (Å²) in [6, 6.07) is 14.6. The van der Waals surface area contributed by atoms with Gasteiger partial charge in [0.05, 0.1) is 26.4 Å². The molecule has 2 N–H and O–H groups in total. The number of likely N-dealkylation sites (tertiary alicyclic amines) is 1. The predicted molar refractivity (Wildman–Crippen MR) is 185 cm³/mol. The molecule has 3 aliphatic rings. The molecule has 0 unspecified atom stereocenters. The van der Waals surface area contributed by atoms with Crippen LogP contribution < -0.4 is 15.5 Å². The van der Waals surface area contributed by atoms with Crippen molar-refractivity contribution >= 4 is 52.7 Å². The molecule has 2 aromatic heterocycles. The lowest BCUT2D eigenvalue weighted by atomic mass is 10.0. The van der Waals surface area contributed by atoms with Crippen molar-refractivity contribution in [2.24, 2.45) is 0 Å². The zero-order valence-electron chi connectivity index (χ0n) is 27.0. The van der Waals surface area contributed by atoms with Gasteiger partial charge < -0.3 is 29.9 Å². The number of ether oxygens (including phenoxy) is 2. The van der Waals surface area contributed by atoms with Crippen molar-refractivity contribution in [1.29, 1.82) is 0 Å². The van der Waals surface area contributed by atoms with Crippen LogP contribution in [0.2, 0.25) is 0 Å². The van der Waals surface area contributed by atoms with Crippen LogP contribution in [0.25, 0.3) is 22.6 Å². The second-order valence-electron chi connectivity index (χ2n) is 12.0. The third-order valence-electron chi connectivity index (χ3n) is 9.06. The minimum Gasteiger partial charge on any atom is -0.379 e. The molecule has 0 radical (unpaired) electrons. The largest absolute Gasteiger partial charge is 0.379 e. The molecule has 3 amide bonds. The van der Waals surface area contributed by atoms with E-state index in [4.69, 9.17) is 19.4 Å². The van der Waals surface area contributed by atoms with Gasteiger partial charge in [0.2, 0.25) is 0 Å². The first-order valence-corrected chi connectivity index (χ1v) is 16.4. The van der Waals surface area contributed by atoms with Crippen molar-refractivity contribution in [2.75, 3.05) is 81.2 Å². The maximum Gasteiger partial charge on any atom is 0.323 e. The van der Waals surface area contributed by atoms with Crippen LogP contribution in [0.1, 0.15) is 30.1 Å². The van der Waals surface area contributed by atoms with Crippen LogP contribution >= 0.6 is 12.4 Å². The molecule has 3 saturated heterocycles. The molecule has 3 fully saturated rings. The van der Waals surface area contributed by atoms with E-state index in [1.54, 1.807) is 28.9 Å². The second kappa shape index (κ2) is 15.2. The number of hydrogen-bond acceptors (Lipinski definition) is 10. The van der Waals surface area contributed by atoms with Crippen molar-refractivity contribution in [3.8, 4) is 11.4 Å². The molecule has 2 aromatic carbocycles. The first-order valence-electron chi connectivity index (χ1n) is 16.4. The van der Waals surface area contributed by atoms with Gasteiger partial charge >= 0.3 is 6.03 Å². The number of nitrogens with one attached hydrogen (secondary N) is 2. The van der Waals surface area contributed by atoms with Crippen LogP contribution in [-0.4, -0.2) is 118 Å². The molecular formula is C33H41ClN10O4. The highest BCUT2D eigenvalue weighted by molar-refractivity contribution is 6.00. The smallest absolute Gasteiger partial charge is 0.323 e. The summed E-state index contributed by atoms with van der Waals surface area (Å²) in [7, 11) is 0. The predicted octanol–water partition coefficient (Wildman–Crippen LogP) is 3.75. The molecule has 0 atom stereocenters. The number of benzene rings is 2. The molecule has 0 aliphatic carbocycles. The van der Waals surface area contributed by atoms with Gasteiger partial charge in [-0.05, 0) is 68.3 Å². The van der Waals surface area contributed by atoms with Crippen molar-refractivity contribution in [3.05, 3.63) is 54.1 Å². The number of aromatic nitrogens is 5. The molecule has 254 valence electrons. The zero-order valence-corrected chi connectivity index (χ0v) is 27.8. The summed E-state index contributed by atoms with van der Waals surface area (Å²) in [5.74, 6) is 1.33. The molecule has 0 bridgehead atoms. The number of fused-ring (bicyclic) bond motifs is 1. The van der Waals surface area contributed by atoms with Crippen LogP contribution in [0.15, 0.2) is 48.5 Å². The van der Waals surface area contributed by atoms with Crippen molar-refractivity contribution in [3.63, 3.8) is 0 Å². The van der Waals surface area contributed by atoms with Gasteiger partial charge in [-0.1, -0.05) is 5.21 Å². The van der Waals surface area contributed by atoms with E-state index in [-0.39, 0.29) is 24.3 Å². The van der Waals surface area contributed by atoms with E-state index in [2.05, 4.69) is 30.7 Å². The lowest BCUT2D eigenvalue weighted by Crippen LogP contribution is -2.50. The fourth-order valence-corrected chi connectivity index (χ4v) is 6.43. The Balaban J connectivity index is 0.00000401. The van der Waals surface area contributed by atoms with Crippen LogP contribution in [0.3, 0.4) is 0 Å². The van der Waals surface area contributed by atoms with Gasteiger partial charge in [-0.25, -0.2) is 19.4 Å². The fraction of sp³-hybridized carbons (Fsp3) is 0.455. The Morgan fingerprint density at radius 1 is 0.812 bits per heavy atom. The Morgan fingerprint density at radius 3 is 2.04 bits per heavy atom. The summed E-state index contributed by atoms with van der Waals surface area (Å²) in [5.41, 5.74) is 4.00. The van der Waals surface area contributed by atoms with Gasteiger partial charge in [-0.2, -0.15) is 0 Å². The van der Waals surface area contributed by atoms with E-state index >= 15 is 0 Å².